The van der Waals surface area contributed by atoms with E-state index in [0.717, 1.165) is 30.6 Å². The number of hydrogen-bond donors (Lipinski definition) is 1. The molecular formula is C20H29N3O4S2. The molecule has 0 spiro atoms. The number of nitrogens with one attached hydrogen (secondary N) is 1. The predicted octanol–water partition coefficient (Wildman–Crippen LogP) is 2.46. The van der Waals surface area contributed by atoms with E-state index in [2.05, 4.69) is 12.2 Å². The Hall–Kier alpha value is -1.58. The molecule has 3 rings (SSSR count). The minimum atomic E-state index is -3.62. The van der Waals surface area contributed by atoms with Gasteiger partial charge in [-0.1, -0.05) is 20.3 Å². The van der Waals surface area contributed by atoms with E-state index in [1.165, 1.54) is 21.0 Å². The molecule has 1 aromatic rings. The Morgan fingerprint density at radius 3 is 2.69 bits per heavy atom. The molecule has 9 heteroatoms. The number of sulfonamides is 1. The molecule has 1 saturated heterocycles. The maximum absolute atomic E-state index is 13.1. The van der Waals surface area contributed by atoms with Crippen LogP contribution in [0.3, 0.4) is 0 Å². The van der Waals surface area contributed by atoms with E-state index < -0.39 is 10.0 Å². The Labute approximate surface area is 177 Å². The van der Waals surface area contributed by atoms with Crippen molar-refractivity contribution in [2.45, 2.75) is 49.3 Å². The van der Waals surface area contributed by atoms with E-state index in [1.54, 1.807) is 18.2 Å². The van der Waals surface area contributed by atoms with Crippen LogP contribution in [-0.4, -0.2) is 56.5 Å². The summed E-state index contributed by atoms with van der Waals surface area (Å²) >= 11 is 1.37. The van der Waals surface area contributed by atoms with Crippen LogP contribution in [0.1, 0.15) is 39.5 Å². The zero-order chi connectivity index (χ0) is 21.0. The lowest BCUT2D eigenvalue weighted by Crippen LogP contribution is -2.43. The van der Waals surface area contributed by atoms with Crippen LogP contribution in [0.2, 0.25) is 0 Å². The quantitative estimate of drug-likeness (QED) is 0.660. The van der Waals surface area contributed by atoms with Gasteiger partial charge in [0.15, 0.2) is 0 Å². The molecule has 0 atom stereocenters. The van der Waals surface area contributed by atoms with E-state index in [4.69, 9.17) is 0 Å². The second-order valence-corrected chi connectivity index (χ2v) is 10.6. The van der Waals surface area contributed by atoms with Gasteiger partial charge in [0.2, 0.25) is 21.8 Å². The highest BCUT2D eigenvalue weighted by atomic mass is 32.2. The molecule has 0 saturated carbocycles. The molecule has 0 unspecified atom stereocenters. The Morgan fingerprint density at radius 1 is 1.28 bits per heavy atom. The minimum Gasteiger partial charge on any atom is -0.355 e. The Kier molecular flexibility index (Phi) is 7.23. The second-order valence-electron chi connectivity index (χ2n) is 7.69. The number of fused-ring (bicyclic) bond motifs is 1. The molecule has 0 radical (unpaired) electrons. The number of nitrogens with zero attached hydrogens (tertiary/aromatic N) is 2. The summed E-state index contributed by atoms with van der Waals surface area (Å²) in [6.45, 7) is 5.67. The fraction of sp³-hybridized carbons (Fsp3) is 0.600. The predicted molar refractivity (Wildman–Crippen MR) is 115 cm³/mol. The number of amides is 2. The molecule has 1 N–H and O–H groups in total. The maximum atomic E-state index is 13.1. The monoisotopic (exact) mass is 439 g/mol. The summed E-state index contributed by atoms with van der Waals surface area (Å²) < 4.78 is 27.7. The van der Waals surface area contributed by atoms with Crippen molar-refractivity contribution in [3.8, 4) is 0 Å². The highest BCUT2D eigenvalue weighted by Crippen LogP contribution is 2.37. The fourth-order valence-electron chi connectivity index (χ4n) is 3.49. The largest absolute Gasteiger partial charge is 0.355 e. The lowest BCUT2D eigenvalue weighted by atomic mass is 10.0. The van der Waals surface area contributed by atoms with Crippen molar-refractivity contribution in [1.82, 2.24) is 9.62 Å². The van der Waals surface area contributed by atoms with E-state index in [0.29, 0.717) is 31.2 Å². The van der Waals surface area contributed by atoms with Gasteiger partial charge in [-0.25, -0.2) is 8.42 Å². The average molecular weight is 440 g/mol. The van der Waals surface area contributed by atoms with Gasteiger partial charge < -0.3 is 10.2 Å². The molecule has 2 aliphatic rings. The first-order valence-corrected chi connectivity index (χ1v) is 12.6. The summed E-state index contributed by atoms with van der Waals surface area (Å²) in [6, 6.07) is 4.90. The summed E-state index contributed by atoms with van der Waals surface area (Å²) in [4.78, 5) is 27.2. The molecule has 2 aliphatic heterocycles. The first kappa shape index (κ1) is 22.1. The number of carbonyl (C=O) groups excluding carboxylic acids is 2. The van der Waals surface area contributed by atoms with Gasteiger partial charge in [-0.15, -0.1) is 11.8 Å². The number of rotatable bonds is 7. The number of benzene rings is 1. The number of piperidine rings is 1. The smallest absolute Gasteiger partial charge is 0.243 e. The Balaban J connectivity index is 1.83. The highest BCUT2D eigenvalue weighted by molar-refractivity contribution is 8.00. The van der Waals surface area contributed by atoms with Gasteiger partial charge >= 0.3 is 0 Å². The van der Waals surface area contributed by atoms with Crippen molar-refractivity contribution in [2.75, 3.05) is 36.8 Å². The molecule has 0 bridgehead atoms. The first-order chi connectivity index (χ1) is 13.8. The molecule has 2 amide bonds. The van der Waals surface area contributed by atoms with Crippen LogP contribution < -0.4 is 10.2 Å². The lowest BCUT2D eigenvalue weighted by Gasteiger charge is -2.31. The Morgan fingerprint density at radius 2 is 2.00 bits per heavy atom. The molecule has 7 nitrogen and oxygen atoms in total. The zero-order valence-corrected chi connectivity index (χ0v) is 18.7. The normalized spacial score (nSPS) is 18.6. The first-order valence-electron chi connectivity index (χ1n) is 10.2. The van der Waals surface area contributed by atoms with Gasteiger partial charge in [0.05, 0.1) is 16.3 Å². The van der Waals surface area contributed by atoms with Crippen molar-refractivity contribution in [2.24, 2.45) is 5.92 Å². The number of thioether (sulfide) groups is 1. The van der Waals surface area contributed by atoms with Crippen molar-refractivity contribution in [3.05, 3.63) is 18.2 Å². The number of anilines is 1. The zero-order valence-electron chi connectivity index (χ0n) is 17.0. The van der Waals surface area contributed by atoms with Crippen molar-refractivity contribution >= 4 is 39.3 Å². The van der Waals surface area contributed by atoms with Crippen LogP contribution in [0.15, 0.2) is 28.0 Å². The van der Waals surface area contributed by atoms with Crippen molar-refractivity contribution in [1.29, 1.82) is 0 Å². The molecule has 1 aromatic carbocycles. The van der Waals surface area contributed by atoms with E-state index in [9.17, 15) is 18.0 Å². The van der Waals surface area contributed by atoms with E-state index in [-0.39, 0.29) is 29.0 Å². The number of carbonyl (C=O) groups is 2. The number of hydrogen-bond acceptors (Lipinski definition) is 5. The Bertz CT molecular complexity index is 864. The highest BCUT2D eigenvalue weighted by Gasteiger charge is 2.32. The third-order valence-electron chi connectivity index (χ3n) is 5.41. The summed E-state index contributed by atoms with van der Waals surface area (Å²) in [5, 5.41) is 2.82. The van der Waals surface area contributed by atoms with Gasteiger partial charge in [-0.2, -0.15) is 4.31 Å². The minimum absolute atomic E-state index is 0.0964. The molecule has 2 heterocycles. The molecule has 29 heavy (non-hydrogen) atoms. The average Bonchev–Trinajstić information content (AvgIpc) is 2.70. The van der Waals surface area contributed by atoms with E-state index >= 15 is 0 Å². The summed E-state index contributed by atoms with van der Waals surface area (Å²) in [5.74, 6) is 0.351. The number of unbranched alkanes of at least 4 members (excludes halogenated alkanes) is 1. The lowest BCUT2D eigenvalue weighted by molar-refractivity contribution is -0.123. The summed E-state index contributed by atoms with van der Waals surface area (Å²) in [6.07, 6.45) is 3.55. The van der Waals surface area contributed by atoms with Crippen LogP contribution in [-0.2, 0) is 19.6 Å². The summed E-state index contributed by atoms with van der Waals surface area (Å²) in [7, 11) is -3.62. The van der Waals surface area contributed by atoms with Gasteiger partial charge in [-0.3, -0.25) is 9.59 Å². The third kappa shape index (κ3) is 5.13. The van der Waals surface area contributed by atoms with Crippen LogP contribution in [0.5, 0.6) is 0 Å². The van der Waals surface area contributed by atoms with Crippen LogP contribution in [0, 0.1) is 5.92 Å². The molecular weight excluding hydrogens is 410 g/mol. The molecule has 1 fully saturated rings. The van der Waals surface area contributed by atoms with Gasteiger partial charge in [0, 0.05) is 24.5 Å². The molecule has 0 aromatic heterocycles. The maximum Gasteiger partial charge on any atom is 0.243 e. The molecule has 160 valence electrons. The second kappa shape index (κ2) is 9.49. The van der Waals surface area contributed by atoms with Crippen LogP contribution in [0.4, 0.5) is 5.69 Å². The topological polar surface area (TPSA) is 86.8 Å². The summed E-state index contributed by atoms with van der Waals surface area (Å²) in [5.41, 5.74) is 0.503. The third-order valence-corrected chi connectivity index (χ3v) is 8.35. The van der Waals surface area contributed by atoms with Crippen LogP contribution in [0.25, 0.3) is 0 Å². The van der Waals surface area contributed by atoms with Crippen LogP contribution >= 0.6 is 11.8 Å². The fourth-order valence-corrected chi connectivity index (χ4v) is 5.90. The SMILES string of the molecule is CCCCNC(=O)CN1C(=O)CSc2ccc(S(=O)(=O)N3CCC(C)CC3)cc21. The van der Waals surface area contributed by atoms with Gasteiger partial charge in [-0.05, 0) is 43.4 Å². The van der Waals surface area contributed by atoms with Crippen molar-refractivity contribution in [3.63, 3.8) is 0 Å². The van der Waals surface area contributed by atoms with E-state index in [1.807, 2.05) is 6.92 Å². The molecule has 0 aliphatic carbocycles. The standard InChI is InChI=1S/C20H29N3O4S2/c1-3-4-9-21-19(24)13-23-17-12-16(5-6-18(17)28-14-20(23)25)29(26,27)22-10-7-15(2)8-11-22/h5-6,12,15H,3-4,7-11,13-14H2,1-2H3,(H,21,24). The van der Waals surface area contributed by atoms with Gasteiger partial charge in [0.25, 0.3) is 0 Å². The van der Waals surface area contributed by atoms with Crippen molar-refractivity contribution < 1.29 is 18.0 Å². The van der Waals surface area contributed by atoms with Gasteiger partial charge in [0.1, 0.15) is 6.54 Å².